The molecule has 2 fully saturated rings. The first-order valence-electron chi connectivity index (χ1n) is 7.71. The number of amides is 1. The molecule has 0 spiro atoms. The average molecular weight is 309 g/mol. The van der Waals surface area contributed by atoms with Crippen LogP contribution in [0.5, 0.6) is 0 Å². The second-order valence-electron chi connectivity index (χ2n) is 6.71. The van der Waals surface area contributed by atoms with Gasteiger partial charge < -0.3 is 19.7 Å². The quantitative estimate of drug-likeness (QED) is 0.834. The van der Waals surface area contributed by atoms with Crippen LogP contribution in [0.3, 0.4) is 0 Å². The number of hydrogen-bond donors (Lipinski definition) is 2. The topological polar surface area (TPSA) is 87.8 Å². The molecule has 1 aromatic rings. The van der Waals surface area contributed by atoms with Gasteiger partial charge in [-0.2, -0.15) is 0 Å². The van der Waals surface area contributed by atoms with E-state index in [9.17, 15) is 9.90 Å². The van der Waals surface area contributed by atoms with E-state index in [0.29, 0.717) is 12.0 Å². The Morgan fingerprint density at radius 3 is 2.77 bits per heavy atom. The van der Waals surface area contributed by atoms with Gasteiger partial charge in [-0.25, -0.2) is 0 Å². The molecule has 2 N–H and O–H groups in total. The molecule has 0 aliphatic carbocycles. The molecule has 2 atom stereocenters. The van der Waals surface area contributed by atoms with Gasteiger partial charge >= 0.3 is 0 Å². The van der Waals surface area contributed by atoms with Crippen LogP contribution in [0.15, 0.2) is 10.6 Å². The van der Waals surface area contributed by atoms with Gasteiger partial charge in [0, 0.05) is 31.2 Å². The van der Waals surface area contributed by atoms with Gasteiger partial charge in [-0.1, -0.05) is 12.1 Å². The van der Waals surface area contributed by atoms with Gasteiger partial charge in [0.15, 0.2) is 17.1 Å². The predicted octanol–water partition coefficient (Wildman–Crippen LogP) is 0.351. The second-order valence-corrected chi connectivity index (χ2v) is 6.71. The molecule has 2 unspecified atom stereocenters. The molecule has 2 aliphatic rings. The number of carbonyl (C=O) groups is 1. The molecular weight excluding hydrogens is 286 g/mol. The number of rotatable bonds is 4. The van der Waals surface area contributed by atoms with Crippen molar-refractivity contribution in [2.75, 3.05) is 26.3 Å². The van der Waals surface area contributed by atoms with Crippen molar-refractivity contribution in [2.24, 2.45) is 5.92 Å². The number of carbonyl (C=O) groups excluding carboxylic acids is 1. The van der Waals surface area contributed by atoms with Crippen molar-refractivity contribution in [3.63, 3.8) is 0 Å². The normalized spacial score (nSPS) is 27.9. The summed E-state index contributed by atoms with van der Waals surface area (Å²) in [5.74, 6) is 0.412. The number of nitrogens with zero attached hydrogens (tertiary/aromatic N) is 2. The Morgan fingerprint density at radius 1 is 1.50 bits per heavy atom. The maximum atomic E-state index is 12.3. The van der Waals surface area contributed by atoms with Crippen molar-refractivity contribution in [1.82, 2.24) is 15.4 Å². The lowest BCUT2D eigenvalue weighted by atomic mass is 9.99. The van der Waals surface area contributed by atoms with E-state index < -0.39 is 5.60 Å². The summed E-state index contributed by atoms with van der Waals surface area (Å²) < 4.78 is 10.1. The molecule has 1 aromatic heterocycles. The molecule has 0 saturated carbocycles. The first-order valence-corrected chi connectivity index (χ1v) is 7.71. The zero-order chi connectivity index (χ0) is 15.9. The number of likely N-dealkylation sites (tertiary alicyclic amines) is 1. The lowest BCUT2D eigenvalue weighted by Crippen LogP contribution is -2.46. The minimum Gasteiger partial charge on any atom is -0.377 e. The third kappa shape index (κ3) is 2.76. The SMILES string of the molecule is CC1CN(C(C)C)CC1NC(=O)c1cc(C2(O)COC2)on1. The Balaban J connectivity index is 1.63. The average Bonchev–Trinajstić information content (AvgIpc) is 3.04. The van der Waals surface area contributed by atoms with Crippen LogP contribution in [-0.4, -0.2) is 59.5 Å². The largest absolute Gasteiger partial charge is 0.377 e. The minimum atomic E-state index is -1.14. The monoisotopic (exact) mass is 309 g/mol. The lowest BCUT2D eigenvalue weighted by molar-refractivity contribution is -0.195. The van der Waals surface area contributed by atoms with Crippen LogP contribution in [0, 0.1) is 5.92 Å². The summed E-state index contributed by atoms with van der Waals surface area (Å²) in [6.07, 6.45) is 0. The van der Waals surface area contributed by atoms with E-state index in [4.69, 9.17) is 9.26 Å². The molecule has 2 aliphatic heterocycles. The standard InChI is InChI=1S/C15H23N3O4/c1-9(2)18-5-10(3)12(6-18)16-14(19)11-4-13(22-17-11)15(20)7-21-8-15/h4,9-10,12,20H,5-8H2,1-3H3,(H,16,19). The Hall–Kier alpha value is -1.44. The third-order valence-corrected chi connectivity index (χ3v) is 4.57. The van der Waals surface area contributed by atoms with Crippen LogP contribution in [0.2, 0.25) is 0 Å². The predicted molar refractivity (Wildman–Crippen MR) is 78.3 cm³/mol. The Kier molecular flexibility index (Phi) is 3.96. The van der Waals surface area contributed by atoms with E-state index in [1.54, 1.807) is 0 Å². The summed E-state index contributed by atoms with van der Waals surface area (Å²) in [6, 6.07) is 2.07. The van der Waals surface area contributed by atoms with E-state index in [2.05, 4.69) is 36.1 Å². The van der Waals surface area contributed by atoms with E-state index >= 15 is 0 Å². The van der Waals surface area contributed by atoms with Crippen molar-refractivity contribution in [3.8, 4) is 0 Å². The molecular formula is C15H23N3O4. The summed E-state index contributed by atoms with van der Waals surface area (Å²) >= 11 is 0. The highest BCUT2D eigenvalue weighted by molar-refractivity contribution is 5.92. The smallest absolute Gasteiger partial charge is 0.273 e. The van der Waals surface area contributed by atoms with Gasteiger partial charge in [0.2, 0.25) is 0 Å². The van der Waals surface area contributed by atoms with Crippen molar-refractivity contribution < 1.29 is 19.2 Å². The van der Waals surface area contributed by atoms with Crippen molar-refractivity contribution in [3.05, 3.63) is 17.5 Å². The number of ether oxygens (including phenoxy) is 1. The van der Waals surface area contributed by atoms with Crippen molar-refractivity contribution in [2.45, 2.75) is 38.5 Å². The van der Waals surface area contributed by atoms with Crippen LogP contribution in [0.4, 0.5) is 0 Å². The summed E-state index contributed by atoms with van der Waals surface area (Å²) in [5, 5.41) is 16.9. The maximum Gasteiger partial charge on any atom is 0.273 e. The highest BCUT2D eigenvalue weighted by Gasteiger charge is 2.42. The van der Waals surface area contributed by atoms with Gasteiger partial charge in [-0.15, -0.1) is 0 Å². The van der Waals surface area contributed by atoms with Gasteiger partial charge in [-0.3, -0.25) is 9.69 Å². The zero-order valence-electron chi connectivity index (χ0n) is 13.2. The van der Waals surface area contributed by atoms with Crippen LogP contribution >= 0.6 is 0 Å². The van der Waals surface area contributed by atoms with Gasteiger partial charge in [-0.05, 0) is 19.8 Å². The van der Waals surface area contributed by atoms with Crippen LogP contribution in [0.25, 0.3) is 0 Å². The summed E-state index contributed by atoms with van der Waals surface area (Å²) in [4.78, 5) is 14.6. The van der Waals surface area contributed by atoms with Gasteiger partial charge in [0.25, 0.3) is 5.91 Å². The molecule has 3 rings (SSSR count). The minimum absolute atomic E-state index is 0.102. The highest BCUT2D eigenvalue weighted by Crippen LogP contribution is 2.29. The van der Waals surface area contributed by atoms with Crippen molar-refractivity contribution in [1.29, 1.82) is 0 Å². The molecule has 3 heterocycles. The molecule has 7 heteroatoms. The highest BCUT2D eigenvalue weighted by atomic mass is 16.6. The number of nitrogens with one attached hydrogen (secondary N) is 1. The van der Waals surface area contributed by atoms with E-state index in [1.165, 1.54) is 6.07 Å². The van der Waals surface area contributed by atoms with E-state index in [-0.39, 0.29) is 36.6 Å². The number of hydrogen-bond acceptors (Lipinski definition) is 6. The fraction of sp³-hybridized carbons (Fsp3) is 0.733. The Morgan fingerprint density at radius 2 is 2.23 bits per heavy atom. The third-order valence-electron chi connectivity index (χ3n) is 4.57. The first kappa shape index (κ1) is 15.5. The van der Waals surface area contributed by atoms with Gasteiger partial charge in [0.05, 0.1) is 13.2 Å². The fourth-order valence-electron chi connectivity index (χ4n) is 2.90. The lowest BCUT2D eigenvalue weighted by Gasteiger charge is -2.33. The molecule has 0 radical (unpaired) electrons. The maximum absolute atomic E-state index is 12.3. The molecule has 1 amide bonds. The molecule has 22 heavy (non-hydrogen) atoms. The number of aromatic nitrogens is 1. The van der Waals surface area contributed by atoms with Crippen LogP contribution in [-0.2, 0) is 10.3 Å². The fourth-order valence-corrected chi connectivity index (χ4v) is 2.90. The number of aliphatic hydroxyl groups is 1. The van der Waals surface area contributed by atoms with E-state index in [1.807, 2.05) is 0 Å². The summed E-state index contributed by atoms with van der Waals surface area (Å²) in [7, 11) is 0. The summed E-state index contributed by atoms with van der Waals surface area (Å²) in [5.41, 5.74) is -0.939. The zero-order valence-corrected chi connectivity index (χ0v) is 13.2. The van der Waals surface area contributed by atoms with E-state index in [0.717, 1.165) is 13.1 Å². The second kappa shape index (κ2) is 5.64. The Bertz CT molecular complexity index is 553. The van der Waals surface area contributed by atoms with Crippen molar-refractivity contribution >= 4 is 5.91 Å². The molecule has 0 bridgehead atoms. The van der Waals surface area contributed by atoms with Crippen LogP contribution in [0.1, 0.15) is 37.0 Å². The molecule has 7 nitrogen and oxygen atoms in total. The summed E-state index contributed by atoms with van der Waals surface area (Å²) in [6.45, 7) is 8.61. The molecule has 0 aromatic carbocycles. The first-order chi connectivity index (χ1) is 10.4. The Labute approximate surface area is 129 Å². The molecule has 2 saturated heterocycles. The van der Waals surface area contributed by atoms with Gasteiger partial charge in [0.1, 0.15) is 0 Å². The van der Waals surface area contributed by atoms with Crippen LogP contribution < -0.4 is 5.32 Å². The molecule has 122 valence electrons.